The summed E-state index contributed by atoms with van der Waals surface area (Å²) in [6.45, 7) is 13.5. The molecule has 1 unspecified atom stereocenters. The summed E-state index contributed by atoms with van der Waals surface area (Å²) in [7, 11) is 1.73. The standard InChI is InChI=1S/C24H38N2O.C7H7Cl.C4H9NO2/c1-6-9-23(22-11-8-10-20(5)12-13-22)26(18-27)24(25-7-2)16-14-21(15-17-24)19(3)4;1-6-3-2-4-7(8)5-6;1-5-3-2-4(6)7/h7,10-13,18-19,21,23H,6,8-9,14-17H2,1-5H3;2-5H,1H3;5H,2-3H2,1H3,(H,6,7)/b25-7-;;. The SMILES string of the molecule is C/C=N\C1(N(C=O)C(CCC)C2=CCC=C(C)C=C2)CCC(C(C)C)CC1.CNCCC(=O)O.Cc1cccc(Cl)c1. The molecule has 1 fully saturated rings. The Balaban J connectivity index is 0.000000477. The summed E-state index contributed by atoms with van der Waals surface area (Å²) < 4.78 is 0. The highest BCUT2D eigenvalue weighted by atomic mass is 35.5. The molecule has 1 aromatic rings. The van der Waals surface area contributed by atoms with Crippen LogP contribution >= 0.6 is 11.6 Å². The molecular formula is C35H54ClN3O3. The summed E-state index contributed by atoms with van der Waals surface area (Å²) in [5, 5.41) is 11.5. The van der Waals surface area contributed by atoms with Gasteiger partial charge in [0.2, 0.25) is 6.41 Å². The number of hydrogen-bond acceptors (Lipinski definition) is 4. The number of aryl methyl sites for hydroxylation is 1. The summed E-state index contributed by atoms with van der Waals surface area (Å²) in [4.78, 5) is 29.1. The molecule has 42 heavy (non-hydrogen) atoms. The Morgan fingerprint density at radius 3 is 2.36 bits per heavy atom. The van der Waals surface area contributed by atoms with Gasteiger partial charge in [0.25, 0.3) is 0 Å². The second-order valence-corrected chi connectivity index (χ2v) is 12.0. The van der Waals surface area contributed by atoms with E-state index in [1.54, 1.807) is 7.05 Å². The van der Waals surface area contributed by atoms with Gasteiger partial charge in [0, 0.05) is 11.6 Å². The Labute approximate surface area is 260 Å². The molecule has 6 nitrogen and oxygen atoms in total. The van der Waals surface area contributed by atoms with Gasteiger partial charge in [0.05, 0.1) is 12.5 Å². The van der Waals surface area contributed by atoms with Crippen molar-refractivity contribution in [3.05, 3.63) is 70.3 Å². The van der Waals surface area contributed by atoms with E-state index in [0.29, 0.717) is 12.5 Å². The predicted molar refractivity (Wildman–Crippen MR) is 178 cm³/mol. The van der Waals surface area contributed by atoms with Gasteiger partial charge in [0.1, 0.15) is 5.66 Å². The van der Waals surface area contributed by atoms with Crippen LogP contribution in [0.2, 0.25) is 5.02 Å². The topological polar surface area (TPSA) is 82.0 Å². The van der Waals surface area contributed by atoms with Crippen molar-refractivity contribution in [3.63, 3.8) is 0 Å². The van der Waals surface area contributed by atoms with Crippen molar-refractivity contribution in [1.29, 1.82) is 0 Å². The molecule has 0 aromatic heterocycles. The lowest BCUT2D eigenvalue weighted by molar-refractivity contribution is -0.136. The van der Waals surface area contributed by atoms with E-state index in [2.05, 4.69) is 62.2 Å². The van der Waals surface area contributed by atoms with Gasteiger partial charge in [-0.25, -0.2) is 0 Å². The van der Waals surface area contributed by atoms with Crippen LogP contribution in [0.3, 0.4) is 0 Å². The third-order valence-electron chi connectivity index (χ3n) is 7.92. The fourth-order valence-electron chi connectivity index (χ4n) is 5.49. The molecule has 1 aromatic carbocycles. The molecule has 2 aliphatic rings. The number of rotatable bonds is 11. The van der Waals surface area contributed by atoms with E-state index in [0.717, 1.165) is 62.3 Å². The molecular weight excluding hydrogens is 546 g/mol. The number of carbonyl (C=O) groups excluding carboxylic acids is 1. The molecule has 1 saturated carbocycles. The summed E-state index contributed by atoms with van der Waals surface area (Å²) in [5.41, 5.74) is 3.37. The predicted octanol–water partition coefficient (Wildman–Crippen LogP) is 8.41. The van der Waals surface area contributed by atoms with Gasteiger partial charge in [-0.15, -0.1) is 0 Å². The first-order chi connectivity index (χ1) is 20.0. The van der Waals surface area contributed by atoms with Crippen LogP contribution in [-0.4, -0.2) is 53.9 Å². The number of benzene rings is 1. The summed E-state index contributed by atoms with van der Waals surface area (Å²) in [5.74, 6) is 0.688. The molecule has 0 saturated heterocycles. The molecule has 1 amide bonds. The molecule has 2 N–H and O–H groups in total. The quantitative estimate of drug-likeness (QED) is 0.198. The summed E-state index contributed by atoms with van der Waals surface area (Å²) in [6, 6.07) is 7.86. The average molecular weight is 600 g/mol. The van der Waals surface area contributed by atoms with E-state index in [1.807, 2.05) is 44.3 Å². The number of allylic oxidation sites excluding steroid dienone is 4. The van der Waals surface area contributed by atoms with Crippen LogP contribution in [0.1, 0.15) is 91.5 Å². The lowest BCUT2D eigenvalue weighted by atomic mass is 9.75. The lowest BCUT2D eigenvalue weighted by Crippen LogP contribution is -2.54. The first-order valence-electron chi connectivity index (χ1n) is 15.4. The van der Waals surface area contributed by atoms with Gasteiger partial charge in [-0.05, 0) is 108 Å². The maximum absolute atomic E-state index is 12.4. The number of carboxylic acids is 1. The molecule has 0 radical (unpaired) electrons. The normalized spacial score (nSPS) is 20.7. The van der Waals surface area contributed by atoms with Gasteiger partial charge in [-0.3, -0.25) is 14.6 Å². The molecule has 0 spiro atoms. The zero-order chi connectivity index (χ0) is 31.5. The van der Waals surface area contributed by atoms with Gasteiger partial charge in [-0.1, -0.05) is 80.8 Å². The van der Waals surface area contributed by atoms with E-state index in [9.17, 15) is 9.59 Å². The zero-order valence-corrected chi connectivity index (χ0v) is 27.7. The Bertz CT molecular complexity index is 1050. The summed E-state index contributed by atoms with van der Waals surface area (Å²) in [6.07, 6.45) is 19.3. The Morgan fingerprint density at radius 2 is 1.90 bits per heavy atom. The van der Waals surface area contributed by atoms with Crippen molar-refractivity contribution in [2.75, 3.05) is 13.6 Å². The van der Waals surface area contributed by atoms with Crippen molar-refractivity contribution in [3.8, 4) is 0 Å². The van der Waals surface area contributed by atoms with Gasteiger partial charge >= 0.3 is 5.97 Å². The van der Waals surface area contributed by atoms with Crippen LogP contribution in [0.5, 0.6) is 0 Å². The lowest BCUT2D eigenvalue weighted by Gasteiger charge is -2.48. The number of carboxylic acid groups (broad SMARTS) is 1. The highest BCUT2D eigenvalue weighted by Gasteiger charge is 2.43. The highest BCUT2D eigenvalue weighted by molar-refractivity contribution is 6.30. The minimum atomic E-state index is -0.755. The minimum absolute atomic E-state index is 0.0994. The largest absolute Gasteiger partial charge is 0.481 e. The second kappa shape index (κ2) is 20.2. The van der Waals surface area contributed by atoms with Crippen molar-refractivity contribution >= 4 is 30.2 Å². The Kier molecular flexibility index (Phi) is 18.0. The molecule has 2 aliphatic carbocycles. The minimum Gasteiger partial charge on any atom is -0.481 e. The number of aliphatic carboxylic acids is 1. The average Bonchev–Trinajstić information content (AvgIpc) is 3.17. The van der Waals surface area contributed by atoms with Crippen LogP contribution in [-0.2, 0) is 9.59 Å². The number of aliphatic imine (C=N–C) groups is 1. The molecule has 3 rings (SSSR count). The summed E-state index contributed by atoms with van der Waals surface area (Å²) >= 11 is 5.64. The Hall–Kier alpha value is -2.70. The van der Waals surface area contributed by atoms with E-state index in [-0.39, 0.29) is 18.1 Å². The fourth-order valence-corrected chi connectivity index (χ4v) is 5.74. The van der Waals surface area contributed by atoms with E-state index in [1.165, 1.54) is 16.7 Å². The number of amides is 1. The first kappa shape index (κ1) is 37.3. The van der Waals surface area contributed by atoms with Crippen LogP contribution in [0.15, 0.2) is 64.7 Å². The molecule has 0 bridgehead atoms. The maximum atomic E-state index is 12.4. The van der Waals surface area contributed by atoms with Crippen molar-refractivity contribution in [1.82, 2.24) is 10.2 Å². The second-order valence-electron chi connectivity index (χ2n) is 11.5. The first-order valence-corrected chi connectivity index (χ1v) is 15.8. The monoisotopic (exact) mass is 599 g/mol. The zero-order valence-electron chi connectivity index (χ0n) is 26.9. The van der Waals surface area contributed by atoms with Crippen molar-refractivity contribution < 1.29 is 14.7 Å². The molecule has 1 atom stereocenters. The number of nitrogens with zero attached hydrogens (tertiary/aromatic N) is 2. The van der Waals surface area contributed by atoms with Gasteiger partial charge in [0.15, 0.2) is 0 Å². The van der Waals surface area contributed by atoms with Gasteiger partial charge < -0.3 is 15.3 Å². The molecule has 234 valence electrons. The highest BCUT2D eigenvalue weighted by Crippen LogP contribution is 2.42. The Morgan fingerprint density at radius 1 is 1.21 bits per heavy atom. The molecule has 7 heteroatoms. The van der Waals surface area contributed by atoms with Crippen molar-refractivity contribution in [2.24, 2.45) is 16.8 Å². The smallest absolute Gasteiger partial charge is 0.304 e. The number of nitrogens with one attached hydrogen (secondary N) is 1. The van der Waals surface area contributed by atoms with Crippen LogP contribution in [0.4, 0.5) is 0 Å². The van der Waals surface area contributed by atoms with E-state index >= 15 is 0 Å². The number of hydrogen-bond donors (Lipinski definition) is 2. The number of halogens is 1. The maximum Gasteiger partial charge on any atom is 0.304 e. The fraction of sp³-hybridized carbons (Fsp3) is 0.571. The van der Waals surface area contributed by atoms with E-state index < -0.39 is 5.97 Å². The third-order valence-corrected chi connectivity index (χ3v) is 8.16. The number of carbonyl (C=O) groups is 2. The molecule has 0 heterocycles. The third kappa shape index (κ3) is 13.1. The van der Waals surface area contributed by atoms with Crippen LogP contribution in [0, 0.1) is 18.8 Å². The van der Waals surface area contributed by atoms with Crippen LogP contribution < -0.4 is 5.32 Å². The van der Waals surface area contributed by atoms with E-state index in [4.69, 9.17) is 21.7 Å². The van der Waals surface area contributed by atoms with Crippen LogP contribution in [0.25, 0.3) is 0 Å². The van der Waals surface area contributed by atoms with Crippen molar-refractivity contribution in [2.45, 2.75) is 105 Å². The molecule has 0 aliphatic heterocycles. The van der Waals surface area contributed by atoms with Gasteiger partial charge in [-0.2, -0.15) is 0 Å².